The Kier molecular flexibility index (Phi) is 4.79. The Labute approximate surface area is 96.2 Å². The minimum atomic E-state index is -0.264. The van der Waals surface area contributed by atoms with E-state index in [1.807, 2.05) is 24.3 Å². The van der Waals surface area contributed by atoms with Crippen LogP contribution in [0.15, 0.2) is 24.3 Å². The Hall–Kier alpha value is -1.55. The molecule has 0 radical (unpaired) electrons. The number of anilines is 1. The van der Waals surface area contributed by atoms with Gasteiger partial charge in [-0.3, -0.25) is 9.69 Å². The third-order valence-corrected chi connectivity index (χ3v) is 2.57. The summed E-state index contributed by atoms with van der Waals surface area (Å²) < 4.78 is 0. The molecule has 0 saturated carbocycles. The van der Waals surface area contributed by atoms with E-state index in [0.717, 1.165) is 24.3 Å². The molecule has 16 heavy (non-hydrogen) atoms. The second kappa shape index (κ2) is 6.12. The lowest BCUT2D eigenvalue weighted by Gasteiger charge is -2.20. The van der Waals surface area contributed by atoms with Gasteiger partial charge in [0.1, 0.15) is 0 Å². The van der Waals surface area contributed by atoms with Crippen molar-refractivity contribution in [2.24, 2.45) is 5.73 Å². The molecule has 0 unspecified atom stereocenters. The monoisotopic (exact) mass is 221 g/mol. The molecular weight excluding hydrogens is 202 g/mol. The number of primary amides is 1. The van der Waals surface area contributed by atoms with Crippen molar-refractivity contribution in [3.8, 4) is 0 Å². The van der Waals surface area contributed by atoms with Gasteiger partial charge in [-0.25, -0.2) is 0 Å². The number of rotatable bonds is 6. The van der Waals surface area contributed by atoms with E-state index < -0.39 is 0 Å². The highest BCUT2D eigenvalue weighted by molar-refractivity contribution is 5.73. The second-order valence-electron chi connectivity index (χ2n) is 3.78. The summed E-state index contributed by atoms with van der Waals surface area (Å²) in [6.45, 7) is 4.37. The molecule has 4 N–H and O–H groups in total. The average Bonchev–Trinajstić information content (AvgIpc) is 2.26. The van der Waals surface area contributed by atoms with Crippen LogP contribution in [0.4, 0.5) is 5.69 Å². The van der Waals surface area contributed by atoms with Gasteiger partial charge in [-0.05, 0) is 18.2 Å². The SMILES string of the molecule is CCN(CCC(N)=O)Cc1ccccc1N. The van der Waals surface area contributed by atoms with Crippen molar-refractivity contribution in [1.82, 2.24) is 4.90 Å². The summed E-state index contributed by atoms with van der Waals surface area (Å²) >= 11 is 0. The number of amides is 1. The molecule has 0 heterocycles. The van der Waals surface area contributed by atoms with Crippen LogP contribution in [-0.4, -0.2) is 23.9 Å². The zero-order valence-corrected chi connectivity index (χ0v) is 9.65. The fraction of sp³-hybridized carbons (Fsp3) is 0.417. The largest absolute Gasteiger partial charge is 0.398 e. The van der Waals surface area contributed by atoms with E-state index in [-0.39, 0.29) is 5.91 Å². The molecule has 0 aromatic heterocycles. The van der Waals surface area contributed by atoms with Crippen LogP contribution in [0.2, 0.25) is 0 Å². The van der Waals surface area contributed by atoms with Crippen LogP contribution in [-0.2, 0) is 11.3 Å². The van der Waals surface area contributed by atoms with Gasteiger partial charge in [0.05, 0.1) is 0 Å². The van der Waals surface area contributed by atoms with Crippen LogP contribution in [0.3, 0.4) is 0 Å². The summed E-state index contributed by atoms with van der Waals surface area (Å²) in [5.41, 5.74) is 12.9. The highest BCUT2D eigenvalue weighted by atomic mass is 16.1. The highest BCUT2D eigenvalue weighted by Crippen LogP contribution is 2.13. The lowest BCUT2D eigenvalue weighted by atomic mass is 10.1. The molecule has 1 aromatic rings. The van der Waals surface area contributed by atoms with Crippen molar-refractivity contribution in [3.63, 3.8) is 0 Å². The molecule has 0 aliphatic carbocycles. The topological polar surface area (TPSA) is 72.3 Å². The van der Waals surface area contributed by atoms with Crippen LogP contribution in [0.5, 0.6) is 0 Å². The molecule has 4 nitrogen and oxygen atoms in total. The van der Waals surface area contributed by atoms with Gasteiger partial charge in [0.25, 0.3) is 0 Å². The summed E-state index contributed by atoms with van der Waals surface area (Å²) in [5, 5.41) is 0. The first-order valence-corrected chi connectivity index (χ1v) is 5.47. The molecule has 88 valence electrons. The molecule has 0 bridgehead atoms. The second-order valence-corrected chi connectivity index (χ2v) is 3.78. The van der Waals surface area contributed by atoms with E-state index in [4.69, 9.17) is 11.5 Å². The average molecular weight is 221 g/mol. The fourth-order valence-corrected chi connectivity index (χ4v) is 1.54. The predicted octanol–water partition coefficient (Wildman–Crippen LogP) is 0.966. The number of nitrogen functional groups attached to an aromatic ring is 1. The van der Waals surface area contributed by atoms with Crippen LogP contribution in [0.1, 0.15) is 18.9 Å². The summed E-state index contributed by atoms with van der Waals surface area (Å²) in [6.07, 6.45) is 0.389. The molecule has 1 amide bonds. The van der Waals surface area contributed by atoms with Crippen LogP contribution >= 0.6 is 0 Å². The maximum Gasteiger partial charge on any atom is 0.218 e. The quantitative estimate of drug-likeness (QED) is 0.703. The van der Waals surface area contributed by atoms with Gasteiger partial charge in [0.2, 0.25) is 5.91 Å². The Morgan fingerprint density at radius 2 is 2.06 bits per heavy atom. The minimum Gasteiger partial charge on any atom is -0.398 e. The Balaban J connectivity index is 2.56. The Morgan fingerprint density at radius 1 is 1.38 bits per heavy atom. The predicted molar refractivity (Wildman–Crippen MR) is 65.6 cm³/mol. The zero-order valence-electron chi connectivity index (χ0n) is 9.65. The highest BCUT2D eigenvalue weighted by Gasteiger charge is 2.07. The van der Waals surface area contributed by atoms with Crippen molar-refractivity contribution in [3.05, 3.63) is 29.8 Å². The number of nitrogens with zero attached hydrogens (tertiary/aromatic N) is 1. The van der Waals surface area contributed by atoms with Gasteiger partial charge in [-0.2, -0.15) is 0 Å². The van der Waals surface area contributed by atoms with E-state index in [1.165, 1.54) is 0 Å². The van der Waals surface area contributed by atoms with E-state index in [0.29, 0.717) is 13.0 Å². The Bertz CT molecular complexity index is 352. The van der Waals surface area contributed by atoms with Crippen molar-refractivity contribution in [1.29, 1.82) is 0 Å². The van der Waals surface area contributed by atoms with Crippen molar-refractivity contribution in [2.75, 3.05) is 18.8 Å². The molecule has 0 saturated heterocycles. The number of nitrogens with two attached hydrogens (primary N) is 2. The molecule has 1 aromatic carbocycles. The van der Waals surface area contributed by atoms with Gasteiger partial charge in [-0.1, -0.05) is 25.1 Å². The molecule has 0 spiro atoms. The molecule has 4 heteroatoms. The third kappa shape index (κ3) is 3.90. The first kappa shape index (κ1) is 12.5. The molecule has 0 atom stereocenters. The molecule has 0 aliphatic heterocycles. The summed E-state index contributed by atoms with van der Waals surface area (Å²) in [6, 6.07) is 7.77. The minimum absolute atomic E-state index is 0.264. The lowest BCUT2D eigenvalue weighted by Crippen LogP contribution is -2.28. The van der Waals surface area contributed by atoms with Crippen LogP contribution in [0, 0.1) is 0 Å². The molecule has 0 aliphatic rings. The van der Waals surface area contributed by atoms with Crippen molar-refractivity contribution < 1.29 is 4.79 Å². The maximum absolute atomic E-state index is 10.7. The van der Waals surface area contributed by atoms with Gasteiger partial charge in [-0.15, -0.1) is 0 Å². The van der Waals surface area contributed by atoms with E-state index in [9.17, 15) is 4.79 Å². The smallest absolute Gasteiger partial charge is 0.218 e. The van der Waals surface area contributed by atoms with Crippen LogP contribution < -0.4 is 11.5 Å². The van der Waals surface area contributed by atoms with Crippen LogP contribution in [0.25, 0.3) is 0 Å². The molecule has 1 rings (SSSR count). The third-order valence-electron chi connectivity index (χ3n) is 2.57. The zero-order chi connectivity index (χ0) is 12.0. The first-order valence-electron chi connectivity index (χ1n) is 5.47. The number of benzene rings is 1. The van der Waals surface area contributed by atoms with E-state index in [2.05, 4.69) is 11.8 Å². The number of carbonyl (C=O) groups is 1. The van der Waals surface area contributed by atoms with Gasteiger partial charge >= 0.3 is 0 Å². The van der Waals surface area contributed by atoms with Gasteiger partial charge in [0, 0.05) is 25.2 Å². The molecular formula is C12H19N3O. The first-order chi connectivity index (χ1) is 7.63. The van der Waals surface area contributed by atoms with Crippen molar-refractivity contribution >= 4 is 11.6 Å². The van der Waals surface area contributed by atoms with Crippen molar-refractivity contribution in [2.45, 2.75) is 19.9 Å². The summed E-state index contributed by atoms with van der Waals surface area (Å²) in [4.78, 5) is 12.9. The Morgan fingerprint density at radius 3 is 2.62 bits per heavy atom. The maximum atomic E-state index is 10.7. The summed E-state index contributed by atoms with van der Waals surface area (Å²) in [7, 11) is 0. The number of hydrogen-bond donors (Lipinski definition) is 2. The fourth-order valence-electron chi connectivity index (χ4n) is 1.54. The summed E-state index contributed by atoms with van der Waals surface area (Å²) in [5.74, 6) is -0.264. The van der Waals surface area contributed by atoms with Gasteiger partial charge < -0.3 is 11.5 Å². The van der Waals surface area contributed by atoms with E-state index >= 15 is 0 Å². The number of para-hydroxylation sites is 1. The molecule has 0 fully saturated rings. The lowest BCUT2D eigenvalue weighted by molar-refractivity contribution is -0.118. The van der Waals surface area contributed by atoms with Gasteiger partial charge in [0.15, 0.2) is 0 Å². The van der Waals surface area contributed by atoms with E-state index in [1.54, 1.807) is 0 Å². The number of carbonyl (C=O) groups excluding carboxylic acids is 1. The standard InChI is InChI=1S/C12H19N3O/c1-2-15(8-7-12(14)16)9-10-5-3-4-6-11(10)13/h3-6H,2,7-9,13H2,1H3,(H2,14,16). The normalized spacial score (nSPS) is 10.6. The number of hydrogen-bond acceptors (Lipinski definition) is 3.